The molecule has 1 aromatic heterocycles. The van der Waals surface area contributed by atoms with Gasteiger partial charge in [-0.05, 0) is 25.0 Å². The fraction of sp³-hybridized carbons (Fsp3) is 0.444. The summed E-state index contributed by atoms with van der Waals surface area (Å²) in [5, 5.41) is 4.04. The van der Waals surface area contributed by atoms with Gasteiger partial charge in [-0.25, -0.2) is 4.98 Å². The number of aryl methyl sites for hydroxylation is 1. The van der Waals surface area contributed by atoms with Crippen LogP contribution < -0.4 is 10.2 Å². The Hall–Kier alpha value is -1.88. The van der Waals surface area contributed by atoms with Crippen molar-refractivity contribution in [1.29, 1.82) is 0 Å². The Morgan fingerprint density at radius 3 is 2.65 bits per heavy atom. The monoisotopic (exact) mass is 331 g/mol. The number of amides is 1. The van der Waals surface area contributed by atoms with Crippen molar-refractivity contribution in [3.63, 3.8) is 0 Å². The van der Waals surface area contributed by atoms with Crippen molar-refractivity contribution in [2.45, 2.75) is 27.2 Å². The molecule has 4 nitrogen and oxygen atoms in total. The van der Waals surface area contributed by atoms with E-state index in [-0.39, 0.29) is 5.91 Å². The van der Waals surface area contributed by atoms with Gasteiger partial charge in [0.05, 0.1) is 10.7 Å². The van der Waals surface area contributed by atoms with Crippen molar-refractivity contribution in [2.24, 2.45) is 5.92 Å². The number of nitrogens with one attached hydrogen (secondary N) is 1. The summed E-state index contributed by atoms with van der Waals surface area (Å²) in [4.78, 5) is 19.7. The molecule has 1 N–H and O–H groups in total. The zero-order chi connectivity index (χ0) is 16.8. The quantitative estimate of drug-likeness (QED) is 0.844. The summed E-state index contributed by atoms with van der Waals surface area (Å²) in [7, 11) is 2.03. The molecule has 0 fully saturated rings. The molecule has 124 valence electrons. The first-order chi connectivity index (χ1) is 11.0. The Morgan fingerprint density at radius 1 is 1.30 bits per heavy atom. The topological polar surface area (TPSA) is 45.2 Å². The van der Waals surface area contributed by atoms with E-state index in [1.807, 2.05) is 32.2 Å². The van der Waals surface area contributed by atoms with Gasteiger partial charge in [0.2, 0.25) is 0 Å². The molecule has 1 aromatic carbocycles. The second-order valence-corrected chi connectivity index (χ2v) is 7.22. The maximum Gasteiger partial charge on any atom is 0.263 e. The molecule has 0 spiro atoms. The third-order valence-corrected chi connectivity index (χ3v) is 4.74. The van der Waals surface area contributed by atoms with Crippen LogP contribution in [0.3, 0.4) is 0 Å². The van der Waals surface area contributed by atoms with Gasteiger partial charge in [-0.3, -0.25) is 4.79 Å². The molecule has 0 unspecified atom stereocenters. The molecule has 0 aliphatic heterocycles. The zero-order valence-corrected chi connectivity index (χ0v) is 15.1. The number of likely N-dealkylation sites (N-methyl/N-ethyl adjacent to an activating group) is 1. The number of rotatable bonds is 7. The van der Waals surface area contributed by atoms with E-state index in [1.54, 1.807) is 0 Å². The molecule has 0 saturated heterocycles. The molecular weight excluding hydrogens is 306 g/mol. The number of benzene rings is 1. The van der Waals surface area contributed by atoms with E-state index >= 15 is 0 Å². The van der Waals surface area contributed by atoms with Crippen molar-refractivity contribution in [3.05, 3.63) is 45.9 Å². The van der Waals surface area contributed by atoms with Crippen LogP contribution in [0.25, 0.3) is 0 Å². The number of para-hydroxylation sites is 1. The minimum atomic E-state index is -0.0172. The van der Waals surface area contributed by atoms with Gasteiger partial charge >= 0.3 is 0 Å². The molecule has 1 heterocycles. The Labute approximate surface area is 142 Å². The highest BCUT2D eigenvalue weighted by Crippen LogP contribution is 2.20. The smallest absolute Gasteiger partial charge is 0.263 e. The van der Waals surface area contributed by atoms with E-state index in [4.69, 9.17) is 0 Å². The molecule has 23 heavy (non-hydrogen) atoms. The zero-order valence-electron chi connectivity index (χ0n) is 14.3. The molecule has 2 aromatic rings. The number of anilines is 1. The fourth-order valence-corrected chi connectivity index (χ4v) is 3.52. The van der Waals surface area contributed by atoms with E-state index in [0.29, 0.717) is 12.5 Å². The average Bonchev–Trinajstić information content (AvgIpc) is 2.87. The van der Waals surface area contributed by atoms with Gasteiger partial charge < -0.3 is 10.2 Å². The first kappa shape index (κ1) is 17.5. The molecular formula is C18H25N3OS. The lowest BCUT2D eigenvalue weighted by atomic mass is 10.1. The van der Waals surface area contributed by atoms with Crippen LogP contribution >= 0.6 is 11.3 Å². The number of carbonyl (C=O) groups is 1. The summed E-state index contributed by atoms with van der Waals surface area (Å²) >= 11 is 1.51. The van der Waals surface area contributed by atoms with Gasteiger partial charge in [0.15, 0.2) is 0 Å². The minimum absolute atomic E-state index is 0.0172. The van der Waals surface area contributed by atoms with Crippen LogP contribution in [0.2, 0.25) is 0 Å². The lowest BCUT2D eigenvalue weighted by Crippen LogP contribution is -2.32. The maximum absolute atomic E-state index is 12.3. The van der Waals surface area contributed by atoms with Crippen LogP contribution in [-0.2, 0) is 6.42 Å². The van der Waals surface area contributed by atoms with Crippen molar-refractivity contribution in [2.75, 3.05) is 25.0 Å². The van der Waals surface area contributed by atoms with Crippen LogP contribution in [0.5, 0.6) is 0 Å². The van der Waals surface area contributed by atoms with E-state index in [0.717, 1.165) is 34.2 Å². The summed E-state index contributed by atoms with van der Waals surface area (Å²) in [6.45, 7) is 7.62. The van der Waals surface area contributed by atoms with Crippen molar-refractivity contribution in [3.8, 4) is 0 Å². The van der Waals surface area contributed by atoms with Crippen molar-refractivity contribution >= 4 is 22.9 Å². The number of nitrogens with zero attached hydrogens (tertiary/aromatic N) is 2. The minimum Gasteiger partial charge on any atom is -0.373 e. The number of carbonyl (C=O) groups excluding carboxylic acids is 1. The van der Waals surface area contributed by atoms with Gasteiger partial charge in [0.1, 0.15) is 4.88 Å². The third-order valence-electron chi connectivity index (χ3n) is 3.56. The molecule has 0 saturated carbocycles. The first-order valence-corrected chi connectivity index (χ1v) is 8.79. The summed E-state index contributed by atoms with van der Waals surface area (Å²) in [5.41, 5.74) is 1.98. The Bertz CT molecular complexity index is 637. The fourth-order valence-electron chi connectivity index (χ4n) is 2.33. The van der Waals surface area contributed by atoms with E-state index in [9.17, 15) is 4.79 Å². The summed E-state index contributed by atoms with van der Waals surface area (Å²) in [6, 6.07) is 10.2. The lowest BCUT2D eigenvalue weighted by Gasteiger charge is -2.19. The number of thiazole rings is 1. The molecule has 0 aliphatic rings. The van der Waals surface area contributed by atoms with Gasteiger partial charge in [-0.1, -0.05) is 32.0 Å². The summed E-state index contributed by atoms with van der Waals surface area (Å²) in [5.74, 6) is 0.535. The predicted octanol–water partition coefficient (Wildman–Crippen LogP) is 3.52. The highest BCUT2D eigenvalue weighted by Gasteiger charge is 2.15. The van der Waals surface area contributed by atoms with Crippen LogP contribution in [-0.4, -0.2) is 31.0 Å². The van der Waals surface area contributed by atoms with E-state index in [2.05, 4.69) is 41.2 Å². The molecule has 1 amide bonds. The van der Waals surface area contributed by atoms with Gasteiger partial charge in [-0.15, -0.1) is 11.3 Å². The Balaban J connectivity index is 1.86. The standard InChI is InChI=1S/C18H25N3OS/c1-13(2)12-16-20-14(3)17(23-16)18(22)19-10-11-21(4)15-8-6-5-7-9-15/h5-9,13H,10-12H2,1-4H3,(H,19,22). The molecule has 0 bridgehead atoms. The highest BCUT2D eigenvalue weighted by atomic mass is 32.1. The van der Waals surface area contributed by atoms with Crippen LogP contribution in [0.4, 0.5) is 5.69 Å². The third kappa shape index (κ3) is 5.06. The lowest BCUT2D eigenvalue weighted by molar-refractivity contribution is 0.0958. The molecule has 0 radical (unpaired) electrons. The van der Waals surface area contributed by atoms with E-state index in [1.165, 1.54) is 11.3 Å². The largest absolute Gasteiger partial charge is 0.373 e. The maximum atomic E-state index is 12.3. The average molecular weight is 331 g/mol. The second kappa shape index (κ2) is 8.11. The van der Waals surface area contributed by atoms with Gasteiger partial charge in [0.25, 0.3) is 5.91 Å². The first-order valence-electron chi connectivity index (χ1n) is 7.98. The summed E-state index contributed by atoms with van der Waals surface area (Å²) < 4.78 is 0. The number of aromatic nitrogens is 1. The molecule has 0 atom stereocenters. The predicted molar refractivity (Wildman–Crippen MR) is 97.4 cm³/mol. The van der Waals surface area contributed by atoms with Crippen molar-refractivity contribution < 1.29 is 4.79 Å². The van der Waals surface area contributed by atoms with Crippen molar-refractivity contribution in [1.82, 2.24) is 10.3 Å². The molecule has 2 rings (SSSR count). The van der Waals surface area contributed by atoms with Crippen LogP contribution in [0.1, 0.15) is 34.2 Å². The number of hydrogen-bond donors (Lipinski definition) is 1. The normalized spacial score (nSPS) is 10.8. The Morgan fingerprint density at radius 2 is 2.00 bits per heavy atom. The SMILES string of the molecule is Cc1nc(CC(C)C)sc1C(=O)NCCN(C)c1ccccc1. The second-order valence-electron chi connectivity index (χ2n) is 6.13. The van der Waals surface area contributed by atoms with Crippen LogP contribution in [0.15, 0.2) is 30.3 Å². The van der Waals surface area contributed by atoms with Gasteiger partial charge in [-0.2, -0.15) is 0 Å². The van der Waals surface area contributed by atoms with Crippen LogP contribution in [0, 0.1) is 12.8 Å². The number of hydrogen-bond acceptors (Lipinski definition) is 4. The Kier molecular flexibility index (Phi) is 6.16. The molecule has 0 aliphatic carbocycles. The highest BCUT2D eigenvalue weighted by molar-refractivity contribution is 7.13. The summed E-state index contributed by atoms with van der Waals surface area (Å²) in [6.07, 6.45) is 0.926. The van der Waals surface area contributed by atoms with Gasteiger partial charge in [0, 0.05) is 32.2 Å². The molecule has 5 heteroatoms. The van der Waals surface area contributed by atoms with E-state index < -0.39 is 0 Å².